The zero-order valence-electron chi connectivity index (χ0n) is 16.6. The Bertz CT molecular complexity index is 950. The van der Waals surface area contributed by atoms with Gasteiger partial charge in [0.1, 0.15) is 5.69 Å². The molecule has 2 aromatic carbocycles. The highest BCUT2D eigenvalue weighted by molar-refractivity contribution is 6.03. The Kier molecular flexibility index (Phi) is 5.75. The summed E-state index contributed by atoms with van der Waals surface area (Å²) in [4.78, 5) is 19.3. The first-order valence-electron chi connectivity index (χ1n) is 10.1. The summed E-state index contributed by atoms with van der Waals surface area (Å²) in [6, 6.07) is 22.0. The van der Waals surface area contributed by atoms with E-state index in [1.54, 1.807) is 12.3 Å². The Balaban J connectivity index is 1.40. The SMILES string of the molecule is CC(Nc1ccnc(C(=O)Nc2ccc(N3CCCC3)cc2)c1)c1ccccc1. The first-order valence-corrected chi connectivity index (χ1v) is 10.1. The monoisotopic (exact) mass is 386 g/mol. The average Bonchev–Trinajstić information content (AvgIpc) is 3.30. The molecule has 5 heteroatoms. The molecule has 2 heterocycles. The van der Waals surface area contributed by atoms with Crippen molar-refractivity contribution in [2.45, 2.75) is 25.8 Å². The van der Waals surface area contributed by atoms with E-state index in [2.05, 4.69) is 51.7 Å². The molecule has 0 aliphatic carbocycles. The highest BCUT2D eigenvalue weighted by Gasteiger charge is 2.13. The van der Waals surface area contributed by atoms with Gasteiger partial charge in [-0.2, -0.15) is 0 Å². The second kappa shape index (κ2) is 8.78. The van der Waals surface area contributed by atoms with E-state index in [-0.39, 0.29) is 11.9 Å². The van der Waals surface area contributed by atoms with Crippen LogP contribution in [0.15, 0.2) is 72.9 Å². The maximum absolute atomic E-state index is 12.7. The maximum atomic E-state index is 12.7. The predicted octanol–water partition coefficient (Wildman–Crippen LogP) is 5.11. The van der Waals surface area contributed by atoms with Crippen LogP contribution in [0.3, 0.4) is 0 Å². The third-order valence-electron chi connectivity index (χ3n) is 5.27. The van der Waals surface area contributed by atoms with E-state index in [9.17, 15) is 4.79 Å². The highest BCUT2D eigenvalue weighted by atomic mass is 16.1. The number of carbonyl (C=O) groups is 1. The third kappa shape index (κ3) is 4.74. The van der Waals surface area contributed by atoms with Crippen LogP contribution in [0.1, 0.15) is 41.9 Å². The number of nitrogens with one attached hydrogen (secondary N) is 2. The number of anilines is 3. The molecule has 0 bridgehead atoms. The van der Waals surface area contributed by atoms with Crippen LogP contribution in [-0.2, 0) is 0 Å². The number of carbonyl (C=O) groups excluding carboxylic acids is 1. The Morgan fingerprint density at radius 2 is 1.69 bits per heavy atom. The van der Waals surface area contributed by atoms with Crippen molar-refractivity contribution >= 4 is 23.0 Å². The smallest absolute Gasteiger partial charge is 0.274 e. The zero-order valence-corrected chi connectivity index (χ0v) is 16.6. The largest absolute Gasteiger partial charge is 0.378 e. The Labute approximate surface area is 171 Å². The van der Waals surface area contributed by atoms with Crippen LogP contribution in [0.25, 0.3) is 0 Å². The van der Waals surface area contributed by atoms with Gasteiger partial charge in [-0.3, -0.25) is 9.78 Å². The molecule has 1 unspecified atom stereocenters. The van der Waals surface area contributed by atoms with Crippen molar-refractivity contribution in [2.24, 2.45) is 0 Å². The van der Waals surface area contributed by atoms with Gasteiger partial charge in [-0.1, -0.05) is 30.3 Å². The van der Waals surface area contributed by atoms with Crippen molar-refractivity contribution in [3.63, 3.8) is 0 Å². The average molecular weight is 386 g/mol. The summed E-state index contributed by atoms with van der Waals surface area (Å²) in [5.41, 5.74) is 4.42. The van der Waals surface area contributed by atoms with Crippen molar-refractivity contribution in [3.05, 3.63) is 84.2 Å². The summed E-state index contributed by atoms with van der Waals surface area (Å²) >= 11 is 0. The van der Waals surface area contributed by atoms with Crippen LogP contribution >= 0.6 is 0 Å². The number of pyridine rings is 1. The van der Waals surface area contributed by atoms with E-state index < -0.39 is 0 Å². The van der Waals surface area contributed by atoms with E-state index >= 15 is 0 Å². The molecule has 1 amide bonds. The molecular weight excluding hydrogens is 360 g/mol. The van der Waals surface area contributed by atoms with E-state index in [0.717, 1.165) is 24.5 Å². The molecular formula is C24H26N4O. The topological polar surface area (TPSA) is 57.3 Å². The molecule has 3 aromatic rings. The maximum Gasteiger partial charge on any atom is 0.274 e. The van der Waals surface area contributed by atoms with Gasteiger partial charge in [0.15, 0.2) is 0 Å². The molecule has 1 aromatic heterocycles. The fourth-order valence-electron chi connectivity index (χ4n) is 3.65. The summed E-state index contributed by atoms with van der Waals surface area (Å²) in [5, 5.41) is 6.37. The first kappa shape index (κ1) is 19.0. The first-order chi connectivity index (χ1) is 14.2. The molecule has 1 aliphatic rings. The Morgan fingerprint density at radius 1 is 0.966 bits per heavy atom. The summed E-state index contributed by atoms with van der Waals surface area (Å²) in [5.74, 6) is -0.213. The molecule has 4 rings (SSSR count). The van der Waals surface area contributed by atoms with Crippen LogP contribution in [0.2, 0.25) is 0 Å². The van der Waals surface area contributed by atoms with Crippen molar-refractivity contribution in [2.75, 3.05) is 28.6 Å². The van der Waals surface area contributed by atoms with E-state index in [1.807, 2.05) is 36.4 Å². The number of benzene rings is 2. The molecule has 0 spiro atoms. The lowest BCUT2D eigenvalue weighted by Crippen LogP contribution is -2.18. The zero-order chi connectivity index (χ0) is 20.1. The number of hydrogen-bond donors (Lipinski definition) is 2. The second-order valence-corrected chi connectivity index (χ2v) is 7.40. The van der Waals surface area contributed by atoms with Gasteiger partial charge in [-0.15, -0.1) is 0 Å². The molecule has 1 aliphatic heterocycles. The fourth-order valence-corrected chi connectivity index (χ4v) is 3.65. The minimum absolute atomic E-state index is 0.132. The summed E-state index contributed by atoms with van der Waals surface area (Å²) in [7, 11) is 0. The van der Waals surface area contributed by atoms with Crippen molar-refractivity contribution in [3.8, 4) is 0 Å². The van der Waals surface area contributed by atoms with E-state index in [0.29, 0.717) is 5.69 Å². The molecule has 1 fully saturated rings. The van der Waals surface area contributed by atoms with Crippen molar-refractivity contribution < 1.29 is 4.79 Å². The minimum atomic E-state index is -0.213. The number of aromatic nitrogens is 1. The molecule has 148 valence electrons. The van der Waals surface area contributed by atoms with Gasteiger partial charge in [0.25, 0.3) is 5.91 Å². The predicted molar refractivity (Wildman–Crippen MR) is 119 cm³/mol. The number of nitrogens with zero attached hydrogens (tertiary/aromatic N) is 2. The van der Waals surface area contributed by atoms with Gasteiger partial charge in [-0.25, -0.2) is 0 Å². The van der Waals surface area contributed by atoms with Crippen LogP contribution in [0.4, 0.5) is 17.1 Å². The fraction of sp³-hybridized carbons (Fsp3) is 0.250. The highest BCUT2D eigenvalue weighted by Crippen LogP contribution is 2.23. The molecule has 1 atom stereocenters. The molecule has 0 radical (unpaired) electrons. The number of rotatable bonds is 6. The van der Waals surface area contributed by atoms with Gasteiger partial charge < -0.3 is 15.5 Å². The standard InChI is InChI=1S/C24H26N4O/c1-18(19-7-3-2-4-8-19)26-21-13-14-25-23(17-21)24(29)27-20-9-11-22(12-10-20)28-15-5-6-16-28/h2-4,7-14,17-18H,5-6,15-16H2,1H3,(H,25,26)(H,27,29). The molecule has 29 heavy (non-hydrogen) atoms. The van der Waals surface area contributed by atoms with Crippen LogP contribution in [0, 0.1) is 0 Å². The quantitative estimate of drug-likeness (QED) is 0.618. The number of amides is 1. The Hall–Kier alpha value is -3.34. The summed E-state index contributed by atoms with van der Waals surface area (Å²) in [6.07, 6.45) is 4.15. The molecule has 5 nitrogen and oxygen atoms in total. The van der Waals surface area contributed by atoms with Gasteiger partial charge >= 0.3 is 0 Å². The van der Waals surface area contributed by atoms with Crippen LogP contribution in [0.5, 0.6) is 0 Å². The second-order valence-electron chi connectivity index (χ2n) is 7.40. The van der Waals surface area contributed by atoms with Gasteiger partial charge in [0.2, 0.25) is 0 Å². The minimum Gasteiger partial charge on any atom is -0.378 e. The third-order valence-corrected chi connectivity index (χ3v) is 5.27. The Morgan fingerprint density at radius 3 is 2.41 bits per heavy atom. The van der Waals surface area contributed by atoms with Crippen LogP contribution in [-0.4, -0.2) is 24.0 Å². The summed E-state index contributed by atoms with van der Waals surface area (Å²) in [6.45, 7) is 4.31. The van der Waals surface area contributed by atoms with Gasteiger partial charge in [0, 0.05) is 42.4 Å². The lowest BCUT2D eigenvalue weighted by atomic mass is 10.1. The summed E-state index contributed by atoms with van der Waals surface area (Å²) < 4.78 is 0. The van der Waals surface area contributed by atoms with Crippen molar-refractivity contribution in [1.82, 2.24) is 4.98 Å². The van der Waals surface area contributed by atoms with Gasteiger partial charge in [0.05, 0.1) is 0 Å². The normalized spacial score (nSPS) is 14.4. The van der Waals surface area contributed by atoms with E-state index in [4.69, 9.17) is 0 Å². The lowest BCUT2D eigenvalue weighted by Gasteiger charge is -2.18. The van der Waals surface area contributed by atoms with Crippen molar-refractivity contribution in [1.29, 1.82) is 0 Å². The van der Waals surface area contributed by atoms with Gasteiger partial charge in [-0.05, 0) is 61.7 Å². The van der Waals surface area contributed by atoms with Crippen LogP contribution < -0.4 is 15.5 Å². The molecule has 0 saturated carbocycles. The molecule has 2 N–H and O–H groups in total. The molecule has 1 saturated heterocycles. The van der Waals surface area contributed by atoms with E-state index in [1.165, 1.54) is 24.1 Å². The number of hydrogen-bond acceptors (Lipinski definition) is 4. The lowest BCUT2D eigenvalue weighted by molar-refractivity contribution is 0.102.